The summed E-state index contributed by atoms with van der Waals surface area (Å²) in [4.78, 5) is 25.4. The van der Waals surface area contributed by atoms with Gasteiger partial charge in [0, 0.05) is 6.20 Å². The molecular formula is C11H13BrN2O6. The van der Waals surface area contributed by atoms with Crippen LogP contribution < -0.4 is 11.2 Å². The van der Waals surface area contributed by atoms with Gasteiger partial charge in [0.1, 0.15) is 18.3 Å². The highest BCUT2D eigenvalue weighted by molar-refractivity contribution is 9.10. The maximum absolute atomic E-state index is 11.9. The molecule has 2 N–H and O–H groups in total. The van der Waals surface area contributed by atoms with Crippen LogP contribution in [0.15, 0.2) is 20.3 Å². The van der Waals surface area contributed by atoms with Crippen molar-refractivity contribution in [1.82, 2.24) is 9.55 Å². The van der Waals surface area contributed by atoms with E-state index in [1.807, 2.05) is 0 Å². The summed E-state index contributed by atoms with van der Waals surface area (Å²) in [6, 6.07) is 0. The Morgan fingerprint density at radius 3 is 2.75 bits per heavy atom. The van der Waals surface area contributed by atoms with E-state index in [0.717, 1.165) is 0 Å². The largest absolute Gasteiger partial charge is 0.394 e. The van der Waals surface area contributed by atoms with Gasteiger partial charge in [-0.25, -0.2) is 4.79 Å². The minimum Gasteiger partial charge on any atom is -0.394 e. The number of aliphatic hydroxyl groups excluding tert-OH is 1. The lowest BCUT2D eigenvalue weighted by atomic mass is 10.1. The number of hydrogen-bond donors (Lipinski definition) is 2. The van der Waals surface area contributed by atoms with E-state index in [0.29, 0.717) is 0 Å². The maximum atomic E-state index is 11.9. The fraction of sp³-hybridized carbons (Fsp3) is 0.636. The number of fused-ring (bicyclic) bond motifs is 1. The maximum Gasteiger partial charge on any atom is 0.330 e. The highest BCUT2D eigenvalue weighted by Crippen LogP contribution is 2.38. The van der Waals surface area contributed by atoms with E-state index in [1.54, 1.807) is 6.92 Å². The lowest BCUT2D eigenvalue weighted by molar-refractivity contribution is -0.145. The molecule has 0 aromatic carbocycles. The first-order valence-electron chi connectivity index (χ1n) is 6.09. The van der Waals surface area contributed by atoms with Gasteiger partial charge in [-0.2, -0.15) is 0 Å². The Kier molecular flexibility index (Phi) is 3.55. The predicted molar refractivity (Wildman–Crippen MR) is 69.2 cm³/mol. The number of ether oxygens (including phenoxy) is 3. The molecule has 1 aromatic heterocycles. The first kappa shape index (κ1) is 14.0. The second kappa shape index (κ2) is 5.08. The molecule has 1 unspecified atom stereocenters. The molecule has 2 fully saturated rings. The number of hydrogen-bond acceptors (Lipinski definition) is 6. The molecule has 5 atom stereocenters. The standard InChI is InChI=1S/C11H13BrN2O6/c1-4-18-7-6(3-15)20-10(8(7)19-4)14-2-5(12)9(16)13-11(14)17/h2,4,6-8,10,15H,3H2,1H3,(H,13,16,17)/t4?,6-,7-,8-,10-/m1/s1. The predicted octanol–water partition coefficient (Wildman–Crippen LogP) is -0.681. The SMILES string of the molecule is CC1O[C@@H]2[C@H](O1)[C@@H](CO)O[C@H]2n1cc(Br)c(=O)[nH]c1=O. The Bertz CT molecular complexity index is 628. The van der Waals surface area contributed by atoms with E-state index in [-0.39, 0.29) is 11.1 Å². The van der Waals surface area contributed by atoms with Crippen molar-refractivity contribution in [2.75, 3.05) is 6.61 Å². The molecule has 0 amide bonds. The fourth-order valence-electron chi connectivity index (χ4n) is 2.51. The lowest BCUT2D eigenvalue weighted by Crippen LogP contribution is -2.37. The summed E-state index contributed by atoms with van der Waals surface area (Å²) in [5.74, 6) is 0. The van der Waals surface area contributed by atoms with E-state index in [9.17, 15) is 14.7 Å². The minimum absolute atomic E-state index is 0.205. The van der Waals surface area contributed by atoms with Crippen molar-refractivity contribution in [2.45, 2.75) is 37.8 Å². The number of nitrogens with zero attached hydrogens (tertiary/aromatic N) is 1. The molecule has 110 valence electrons. The van der Waals surface area contributed by atoms with Gasteiger partial charge >= 0.3 is 5.69 Å². The number of H-pyrrole nitrogens is 1. The van der Waals surface area contributed by atoms with Crippen LogP contribution in [0.2, 0.25) is 0 Å². The summed E-state index contributed by atoms with van der Waals surface area (Å²) in [6.45, 7) is 1.49. The van der Waals surface area contributed by atoms with Crippen LogP contribution in [0.25, 0.3) is 0 Å². The third-order valence-electron chi connectivity index (χ3n) is 3.36. The minimum atomic E-state index is -0.761. The molecule has 0 saturated carbocycles. The number of nitrogens with one attached hydrogen (secondary N) is 1. The molecule has 2 aliphatic rings. The lowest BCUT2D eigenvalue weighted by Gasteiger charge is -2.19. The van der Waals surface area contributed by atoms with E-state index in [1.165, 1.54) is 10.8 Å². The first-order chi connectivity index (χ1) is 9.51. The third-order valence-corrected chi connectivity index (χ3v) is 3.93. The average Bonchev–Trinajstić information content (AvgIpc) is 2.91. The number of aromatic amines is 1. The molecule has 0 spiro atoms. The molecule has 9 heteroatoms. The topological polar surface area (TPSA) is 103 Å². The second-order valence-electron chi connectivity index (χ2n) is 4.66. The average molecular weight is 349 g/mol. The van der Waals surface area contributed by atoms with Gasteiger partial charge in [-0.3, -0.25) is 14.3 Å². The van der Waals surface area contributed by atoms with Crippen LogP contribution in [-0.4, -0.2) is 45.9 Å². The zero-order valence-electron chi connectivity index (χ0n) is 10.5. The number of rotatable bonds is 2. The van der Waals surface area contributed by atoms with Gasteiger partial charge in [0.15, 0.2) is 12.5 Å². The Morgan fingerprint density at radius 2 is 2.05 bits per heavy atom. The van der Waals surface area contributed by atoms with Crippen LogP contribution >= 0.6 is 15.9 Å². The summed E-state index contributed by atoms with van der Waals surface area (Å²) in [7, 11) is 0. The Hall–Kier alpha value is -1.00. The van der Waals surface area contributed by atoms with Gasteiger partial charge in [0.05, 0.1) is 11.1 Å². The highest BCUT2D eigenvalue weighted by Gasteiger charge is 2.52. The smallest absolute Gasteiger partial charge is 0.330 e. The van der Waals surface area contributed by atoms with Gasteiger partial charge < -0.3 is 19.3 Å². The summed E-state index contributed by atoms with van der Waals surface area (Å²) < 4.78 is 18.1. The summed E-state index contributed by atoms with van der Waals surface area (Å²) >= 11 is 3.06. The van der Waals surface area contributed by atoms with Gasteiger partial charge in [0.25, 0.3) is 5.56 Å². The molecule has 2 aliphatic heterocycles. The number of aromatic nitrogens is 2. The van der Waals surface area contributed by atoms with Crippen molar-refractivity contribution >= 4 is 15.9 Å². The molecular weight excluding hydrogens is 336 g/mol. The molecule has 3 rings (SSSR count). The molecule has 3 heterocycles. The number of halogens is 1. The van der Waals surface area contributed by atoms with E-state index in [4.69, 9.17) is 14.2 Å². The van der Waals surface area contributed by atoms with Crippen LogP contribution in [0.4, 0.5) is 0 Å². The summed E-state index contributed by atoms with van der Waals surface area (Å²) in [6.07, 6.45) is -1.40. The van der Waals surface area contributed by atoms with Crippen molar-refractivity contribution in [3.05, 3.63) is 31.5 Å². The first-order valence-corrected chi connectivity index (χ1v) is 6.88. The van der Waals surface area contributed by atoms with Crippen molar-refractivity contribution in [3.63, 3.8) is 0 Å². The van der Waals surface area contributed by atoms with Gasteiger partial charge in [-0.15, -0.1) is 0 Å². The molecule has 1 aromatic rings. The molecule has 8 nitrogen and oxygen atoms in total. The molecule has 20 heavy (non-hydrogen) atoms. The zero-order chi connectivity index (χ0) is 14.4. The Labute approximate surface area is 121 Å². The normalized spacial score (nSPS) is 36.2. The van der Waals surface area contributed by atoms with E-state index < -0.39 is 42.1 Å². The van der Waals surface area contributed by atoms with Gasteiger partial charge in [-0.1, -0.05) is 0 Å². The van der Waals surface area contributed by atoms with E-state index >= 15 is 0 Å². The van der Waals surface area contributed by atoms with E-state index in [2.05, 4.69) is 20.9 Å². The summed E-state index contributed by atoms with van der Waals surface area (Å²) in [5, 5.41) is 9.32. The quantitative estimate of drug-likeness (QED) is 0.733. The molecule has 0 aliphatic carbocycles. The highest BCUT2D eigenvalue weighted by atomic mass is 79.9. The Morgan fingerprint density at radius 1 is 1.35 bits per heavy atom. The number of aliphatic hydroxyl groups is 1. The van der Waals surface area contributed by atoms with Gasteiger partial charge in [0.2, 0.25) is 0 Å². The summed E-state index contributed by atoms with van der Waals surface area (Å²) in [5.41, 5.74) is -1.12. The van der Waals surface area contributed by atoms with Crippen LogP contribution in [0, 0.1) is 0 Å². The second-order valence-corrected chi connectivity index (χ2v) is 5.51. The van der Waals surface area contributed by atoms with Crippen molar-refractivity contribution in [1.29, 1.82) is 0 Å². The zero-order valence-corrected chi connectivity index (χ0v) is 12.1. The van der Waals surface area contributed by atoms with Crippen LogP contribution in [0.5, 0.6) is 0 Å². The molecule has 0 bridgehead atoms. The van der Waals surface area contributed by atoms with Crippen LogP contribution in [0.3, 0.4) is 0 Å². The van der Waals surface area contributed by atoms with Crippen molar-refractivity contribution in [3.8, 4) is 0 Å². The third kappa shape index (κ3) is 2.15. The van der Waals surface area contributed by atoms with Gasteiger partial charge in [-0.05, 0) is 22.9 Å². The van der Waals surface area contributed by atoms with Crippen LogP contribution in [-0.2, 0) is 14.2 Å². The van der Waals surface area contributed by atoms with Crippen molar-refractivity contribution < 1.29 is 19.3 Å². The van der Waals surface area contributed by atoms with Crippen molar-refractivity contribution in [2.24, 2.45) is 0 Å². The monoisotopic (exact) mass is 348 g/mol. The molecule has 2 saturated heterocycles. The fourth-order valence-corrected chi connectivity index (χ4v) is 2.83. The van der Waals surface area contributed by atoms with Crippen LogP contribution in [0.1, 0.15) is 13.2 Å². The Balaban J connectivity index is 2.00. The molecule has 0 radical (unpaired) electrons.